The van der Waals surface area contributed by atoms with Crippen LogP contribution in [0.4, 0.5) is 5.69 Å². The minimum absolute atomic E-state index is 0.379. The highest BCUT2D eigenvalue weighted by Crippen LogP contribution is 2.46. The van der Waals surface area contributed by atoms with E-state index in [9.17, 15) is 0 Å². The van der Waals surface area contributed by atoms with E-state index in [0.717, 1.165) is 47.1 Å². The highest BCUT2D eigenvalue weighted by atomic mass is 14.8. The normalized spacial score (nSPS) is 15.5. The zero-order valence-corrected chi connectivity index (χ0v) is 27.7. The Balaban J connectivity index is 1.20. The van der Waals surface area contributed by atoms with Crippen molar-refractivity contribution in [2.75, 3.05) is 0 Å². The largest absolute Gasteiger partial charge is 0.252 e. The van der Waals surface area contributed by atoms with Crippen LogP contribution in [0.5, 0.6) is 0 Å². The van der Waals surface area contributed by atoms with E-state index in [1.807, 2.05) is 0 Å². The Hall–Kier alpha value is -6.12. The number of fused-ring (bicyclic) bond motifs is 7. The fourth-order valence-corrected chi connectivity index (χ4v) is 8.33. The van der Waals surface area contributed by atoms with Crippen LogP contribution in [-0.4, -0.2) is 10.7 Å². The Labute approximate surface area is 291 Å². The molecule has 2 heteroatoms. The number of benzene rings is 7. The molecule has 0 fully saturated rings. The number of rotatable bonds is 3. The van der Waals surface area contributed by atoms with Gasteiger partial charge in [0, 0.05) is 28.1 Å². The molecule has 0 amide bonds. The van der Waals surface area contributed by atoms with Gasteiger partial charge in [0.25, 0.3) is 0 Å². The lowest BCUT2D eigenvalue weighted by Crippen LogP contribution is -2.20. The lowest BCUT2D eigenvalue weighted by molar-refractivity contribution is 0.624. The topological polar surface area (TPSA) is 25.2 Å². The minimum atomic E-state index is 0.379. The van der Waals surface area contributed by atoms with Gasteiger partial charge in [0.2, 0.25) is 0 Å². The van der Waals surface area contributed by atoms with Crippen molar-refractivity contribution in [2.24, 2.45) is 10.9 Å². The van der Waals surface area contributed by atoms with E-state index < -0.39 is 0 Å². The van der Waals surface area contributed by atoms with Gasteiger partial charge in [0.05, 0.1) is 16.9 Å². The Morgan fingerprint density at radius 2 is 1.16 bits per heavy atom. The Morgan fingerprint density at radius 1 is 0.520 bits per heavy atom. The summed E-state index contributed by atoms with van der Waals surface area (Å²) in [7, 11) is 0. The fraction of sp³-hybridized carbons (Fsp3) is 0.0833. The maximum atomic E-state index is 5.38. The first-order chi connectivity index (χ1) is 24.8. The van der Waals surface area contributed by atoms with Crippen molar-refractivity contribution in [2.45, 2.75) is 19.3 Å². The van der Waals surface area contributed by atoms with Gasteiger partial charge in [-0.25, -0.2) is 4.98 Å². The molecular formula is C48H34N2. The van der Waals surface area contributed by atoms with E-state index in [2.05, 4.69) is 164 Å². The highest BCUT2D eigenvalue weighted by molar-refractivity contribution is 6.22. The van der Waals surface area contributed by atoms with E-state index in [1.54, 1.807) is 0 Å². The molecule has 2 aliphatic rings. The summed E-state index contributed by atoms with van der Waals surface area (Å²) in [6.07, 6.45) is 11.9. The molecule has 2 heterocycles. The van der Waals surface area contributed by atoms with Crippen molar-refractivity contribution in [3.05, 3.63) is 169 Å². The summed E-state index contributed by atoms with van der Waals surface area (Å²) in [5.74, 6) is 0.379. The number of aliphatic imine (C=N–C) groups is 1. The summed E-state index contributed by atoms with van der Waals surface area (Å²) in [6, 6.07) is 50.9. The number of aromatic nitrogens is 1. The van der Waals surface area contributed by atoms with Crippen LogP contribution in [0.15, 0.2) is 169 Å². The highest BCUT2D eigenvalue weighted by Gasteiger charge is 2.27. The molecule has 1 atom stereocenters. The van der Waals surface area contributed by atoms with Gasteiger partial charge in [-0.05, 0) is 98.1 Å². The van der Waals surface area contributed by atoms with Crippen LogP contribution in [-0.2, 0) is 6.42 Å². The van der Waals surface area contributed by atoms with Crippen molar-refractivity contribution in [3.8, 4) is 33.5 Å². The van der Waals surface area contributed by atoms with Gasteiger partial charge in [-0.15, -0.1) is 0 Å². The van der Waals surface area contributed by atoms with E-state index >= 15 is 0 Å². The summed E-state index contributed by atoms with van der Waals surface area (Å²) < 4.78 is 0. The molecule has 0 saturated heterocycles. The minimum Gasteiger partial charge on any atom is -0.252 e. The Bertz CT molecular complexity index is 2690. The van der Waals surface area contributed by atoms with Crippen molar-refractivity contribution < 1.29 is 0 Å². The fourth-order valence-electron chi connectivity index (χ4n) is 8.33. The van der Waals surface area contributed by atoms with Crippen LogP contribution in [0.25, 0.3) is 76.7 Å². The maximum absolute atomic E-state index is 5.38. The maximum Gasteiger partial charge on any atom is 0.0781 e. The summed E-state index contributed by atoms with van der Waals surface area (Å²) in [4.78, 5) is 10.7. The predicted molar refractivity (Wildman–Crippen MR) is 212 cm³/mol. The molecule has 10 rings (SSSR count). The van der Waals surface area contributed by atoms with Crippen LogP contribution in [0.1, 0.15) is 18.4 Å². The molecule has 0 saturated carbocycles. The predicted octanol–water partition coefficient (Wildman–Crippen LogP) is 12.8. The smallest absolute Gasteiger partial charge is 0.0781 e. The second-order valence-corrected chi connectivity index (χ2v) is 13.6. The quantitative estimate of drug-likeness (QED) is 0.177. The first-order valence-electron chi connectivity index (χ1n) is 17.7. The van der Waals surface area contributed by atoms with E-state index in [4.69, 9.17) is 9.98 Å². The molecule has 0 spiro atoms. The molecule has 0 bridgehead atoms. The average Bonchev–Trinajstić information content (AvgIpc) is 3.16. The van der Waals surface area contributed by atoms with Gasteiger partial charge >= 0.3 is 0 Å². The summed E-state index contributed by atoms with van der Waals surface area (Å²) >= 11 is 0. The molecule has 0 unspecified atom stereocenters. The van der Waals surface area contributed by atoms with Crippen LogP contribution >= 0.6 is 0 Å². The number of hydrogen-bond acceptors (Lipinski definition) is 2. The lowest BCUT2D eigenvalue weighted by Gasteiger charge is -2.26. The van der Waals surface area contributed by atoms with Crippen LogP contribution in [0.3, 0.4) is 0 Å². The van der Waals surface area contributed by atoms with Crippen molar-refractivity contribution >= 4 is 54.6 Å². The zero-order valence-electron chi connectivity index (χ0n) is 27.7. The van der Waals surface area contributed by atoms with E-state index in [0.29, 0.717) is 5.92 Å². The van der Waals surface area contributed by atoms with Gasteiger partial charge in [-0.2, -0.15) is 0 Å². The molecule has 1 aliphatic heterocycles. The van der Waals surface area contributed by atoms with Gasteiger partial charge in [0.1, 0.15) is 0 Å². The van der Waals surface area contributed by atoms with Crippen LogP contribution < -0.4 is 0 Å². The molecule has 8 aromatic rings. The molecule has 1 aliphatic carbocycles. The van der Waals surface area contributed by atoms with E-state index in [-0.39, 0.29) is 0 Å². The van der Waals surface area contributed by atoms with Gasteiger partial charge in [-0.3, -0.25) is 4.99 Å². The number of para-hydroxylation sites is 1. The third kappa shape index (κ3) is 4.71. The Morgan fingerprint density at radius 3 is 1.92 bits per heavy atom. The molecule has 50 heavy (non-hydrogen) atoms. The second-order valence-electron chi connectivity index (χ2n) is 13.6. The van der Waals surface area contributed by atoms with Crippen molar-refractivity contribution in [3.63, 3.8) is 0 Å². The number of allylic oxidation sites excluding steroid dienone is 4. The first kappa shape index (κ1) is 28.9. The molecule has 1 aromatic heterocycles. The molecule has 236 valence electrons. The second kappa shape index (κ2) is 11.8. The molecular weight excluding hydrogens is 605 g/mol. The standard InChI is InChI=1S/C48H34N2/c1-2-4-24-43-33(16-3-1)30-42-47(50-44-25-12-11-23-41(44)48(42)49-43)36-18-13-17-34(29-36)45-37-19-7-9-21-39(37)46(40-22-10-8-20-38(40)45)35-27-26-31-14-5-6-15-32(31)28-35/h1-2,4-15,17-29,33H,3,16,30H2/t33-/m0/s1. The summed E-state index contributed by atoms with van der Waals surface area (Å²) in [6.45, 7) is 0. The summed E-state index contributed by atoms with van der Waals surface area (Å²) in [5.41, 5.74) is 11.7. The lowest BCUT2D eigenvalue weighted by atomic mass is 9.83. The van der Waals surface area contributed by atoms with Crippen LogP contribution in [0, 0.1) is 5.92 Å². The van der Waals surface area contributed by atoms with Gasteiger partial charge < -0.3 is 0 Å². The number of pyridine rings is 1. The van der Waals surface area contributed by atoms with Crippen molar-refractivity contribution in [1.29, 1.82) is 0 Å². The monoisotopic (exact) mass is 638 g/mol. The molecule has 2 nitrogen and oxygen atoms in total. The van der Waals surface area contributed by atoms with Crippen LogP contribution in [0.2, 0.25) is 0 Å². The zero-order chi connectivity index (χ0) is 33.0. The van der Waals surface area contributed by atoms with E-state index in [1.165, 1.54) is 65.8 Å². The summed E-state index contributed by atoms with van der Waals surface area (Å²) in [5, 5.41) is 8.66. The molecule has 0 radical (unpaired) electrons. The van der Waals surface area contributed by atoms with Crippen molar-refractivity contribution in [1.82, 2.24) is 4.98 Å². The van der Waals surface area contributed by atoms with Gasteiger partial charge in [0.15, 0.2) is 0 Å². The third-order valence-corrected chi connectivity index (χ3v) is 10.7. The first-order valence-corrected chi connectivity index (χ1v) is 17.7. The third-order valence-electron chi connectivity index (χ3n) is 10.7. The molecule has 0 N–H and O–H groups in total. The number of hydrogen-bond donors (Lipinski definition) is 0. The molecule has 7 aromatic carbocycles. The SMILES string of the molecule is C1=CCC[C@H]2Cc3c(-c4cccc(-c5c6ccccc6c(-c6ccc7ccccc7c6)c6ccccc56)c4)nc4ccccc4c3N=C2C=C1. The van der Waals surface area contributed by atoms with Gasteiger partial charge in [-0.1, -0.05) is 140 Å². The average molecular weight is 639 g/mol. The Kier molecular flexibility index (Phi) is 6.80. The number of nitrogens with zero attached hydrogens (tertiary/aromatic N) is 2.